The van der Waals surface area contributed by atoms with E-state index >= 15 is 0 Å². The Morgan fingerprint density at radius 1 is 1.07 bits per heavy atom. The van der Waals surface area contributed by atoms with Crippen molar-refractivity contribution in [2.45, 2.75) is 11.8 Å². The van der Waals surface area contributed by atoms with Crippen LogP contribution in [0.2, 0.25) is 0 Å². The molecule has 0 saturated carbocycles. The van der Waals surface area contributed by atoms with Crippen LogP contribution in [0.5, 0.6) is 0 Å². The lowest BCUT2D eigenvalue weighted by molar-refractivity contribution is -0.116. The number of thioether (sulfide) groups is 1. The Balaban J connectivity index is 1.58. The van der Waals surface area contributed by atoms with E-state index in [0.29, 0.717) is 16.3 Å². The van der Waals surface area contributed by atoms with Gasteiger partial charge in [-0.05, 0) is 42.0 Å². The second-order valence-corrected chi connectivity index (χ2v) is 7.06. The molecule has 27 heavy (non-hydrogen) atoms. The maximum atomic E-state index is 12.3. The maximum Gasteiger partial charge on any atom is 0.276 e. The van der Waals surface area contributed by atoms with Gasteiger partial charge in [0.15, 0.2) is 0 Å². The highest BCUT2D eigenvalue weighted by Gasteiger charge is 2.28. The molecule has 0 fully saturated rings. The fourth-order valence-corrected chi connectivity index (χ4v) is 3.70. The Hall–Kier alpha value is -3.32. The van der Waals surface area contributed by atoms with Crippen molar-refractivity contribution in [2.75, 3.05) is 10.6 Å². The Kier molecular flexibility index (Phi) is 4.52. The predicted octanol–water partition coefficient (Wildman–Crippen LogP) is 3.57. The van der Waals surface area contributed by atoms with Crippen LogP contribution in [-0.4, -0.2) is 16.9 Å². The normalized spacial score (nSPS) is 17.7. The van der Waals surface area contributed by atoms with Gasteiger partial charge in [-0.15, -0.1) is 0 Å². The van der Waals surface area contributed by atoms with E-state index in [9.17, 15) is 9.59 Å². The van der Waals surface area contributed by atoms with Gasteiger partial charge in [-0.1, -0.05) is 36.0 Å². The summed E-state index contributed by atoms with van der Waals surface area (Å²) in [5.74, 6) is -0.355. The molecule has 0 spiro atoms. The van der Waals surface area contributed by atoms with Gasteiger partial charge in [-0.25, -0.2) is 5.43 Å². The minimum absolute atomic E-state index is 0.118. The zero-order valence-corrected chi connectivity index (χ0v) is 15.3. The zero-order valence-electron chi connectivity index (χ0n) is 14.4. The summed E-state index contributed by atoms with van der Waals surface area (Å²) in [6, 6.07) is 15.3. The molecular weight excluding hydrogens is 360 g/mol. The number of hydrazone groups is 1. The van der Waals surface area contributed by atoms with Crippen molar-refractivity contribution in [2.24, 2.45) is 5.10 Å². The summed E-state index contributed by atoms with van der Waals surface area (Å²) in [4.78, 5) is 24.4. The molecule has 4 rings (SSSR count). The molecular formula is C20H16N4O2S. The predicted molar refractivity (Wildman–Crippen MR) is 108 cm³/mol. The Labute approximate surface area is 160 Å². The van der Waals surface area contributed by atoms with Crippen molar-refractivity contribution in [3.63, 3.8) is 0 Å². The smallest absolute Gasteiger partial charge is 0.276 e. The van der Waals surface area contributed by atoms with Gasteiger partial charge < -0.3 is 10.6 Å². The van der Waals surface area contributed by atoms with Gasteiger partial charge in [0.2, 0.25) is 5.91 Å². The molecule has 6 nitrogen and oxygen atoms in total. The summed E-state index contributed by atoms with van der Waals surface area (Å²) >= 11 is 1.39. The standard InChI is InChI=1S/C20H16N4O2S/c1-12(25)21-14-7-9-15(10-8-14)27-20-18(19(26)23-24-20)17-11-6-13-4-2-3-5-16(13)22-17/h2-11,22H,1H3,(H,21,25)(H,23,26). The summed E-state index contributed by atoms with van der Waals surface area (Å²) in [5, 5.41) is 10.8. The number of carbonyl (C=O) groups is 2. The minimum atomic E-state index is -0.237. The van der Waals surface area contributed by atoms with Gasteiger partial charge in [-0.2, -0.15) is 5.10 Å². The molecule has 3 N–H and O–H groups in total. The number of anilines is 2. The highest BCUT2D eigenvalue weighted by Crippen LogP contribution is 2.32. The molecule has 2 aliphatic heterocycles. The molecule has 0 unspecified atom stereocenters. The van der Waals surface area contributed by atoms with E-state index in [0.717, 1.165) is 21.8 Å². The van der Waals surface area contributed by atoms with Crippen LogP contribution in [-0.2, 0) is 9.59 Å². The number of hydrogen-bond acceptors (Lipinski definition) is 5. The van der Waals surface area contributed by atoms with Crippen molar-refractivity contribution < 1.29 is 9.59 Å². The number of para-hydroxylation sites is 1. The third-order valence-electron chi connectivity index (χ3n) is 4.02. The molecule has 2 aliphatic rings. The molecule has 7 heteroatoms. The molecule has 0 saturated heterocycles. The van der Waals surface area contributed by atoms with Crippen LogP contribution in [0.3, 0.4) is 0 Å². The van der Waals surface area contributed by atoms with Gasteiger partial charge in [0.25, 0.3) is 5.91 Å². The number of hydrogen-bond donors (Lipinski definition) is 3. The summed E-state index contributed by atoms with van der Waals surface area (Å²) in [6.07, 6.45) is 3.86. The van der Waals surface area contributed by atoms with E-state index in [1.54, 1.807) is 0 Å². The van der Waals surface area contributed by atoms with E-state index in [2.05, 4.69) is 21.2 Å². The average Bonchev–Trinajstić information content (AvgIpc) is 3.02. The highest BCUT2D eigenvalue weighted by molar-refractivity contribution is 8.14. The number of amides is 2. The molecule has 2 aromatic carbocycles. The van der Waals surface area contributed by atoms with Crippen LogP contribution in [0, 0.1) is 0 Å². The minimum Gasteiger partial charge on any atom is -0.354 e. The van der Waals surface area contributed by atoms with Crippen LogP contribution in [0.25, 0.3) is 6.08 Å². The first-order valence-electron chi connectivity index (χ1n) is 8.32. The van der Waals surface area contributed by atoms with E-state index in [-0.39, 0.29) is 11.8 Å². The lowest BCUT2D eigenvalue weighted by atomic mass is 10.1. The fourth-order valence-electron chi connectivity index (χ4n) is 2.80. The van der Waals surface area contributed by atoms with Crippen LogP contribution >= 0.6 is 11.8 Å². The summed E-state index contributed by atoms with van der Waals surface area (Å²) in [6.45, 7) is 1.47. The molecule has 0 aliphatic carbocycles. The first kappa shape index (κ1) is 17.1. The molecule has 2 amide bonds. The number of benzene rings is 2. The van der Waals surface area contributed by atoms with Crippen LogP contribution in [0.15, 0.2) is 75.9 Å². The maximum absolute atomic E-state index is 12.3. The zero-order chi connectivity index (χ0) is 18.8. The van der Waals surface area contributed by atoms with Crippen molar-refractivity contribution in [3.05, 3.63) is 71.4 Å². The topological polar surface area (TPSA) is 82.6 Å². The van der Waals surface area contributed by atoms with Gasteiger partial charge in [0.05, 0.1) is 11.3 Å². The van der Waals surface area contributed by atoms with Gasteiger partial charge in [0.1, 0.15) is 5.04 Å². The molecule has 0 radical (unpaired) electrons. The lowest BCUT2D eigenvalue weighted by Crippen LogP contribution is -2.18. The van der Waals surface area contributed by atoms with Crippen molar-refractivity contribution in [1.82, 2.24) is 5.43 Å². The first-order chi connectivity index (χ1) is 13.1. The average molecular weight is 376 g/mol. The van der Waals surface area contributed by atoms with Gasteiger partial charge in [0, 0.05) is 23.2 Å². The number of fused-ring (bicyclic) bond motifs is 1. The number of nitrogens with zero attached hydrogens (tertiary/aromatic N) is 1. The molecule has 0 bridgehead atoms. The van der Waals surface area contributed by atoms with E-state index in [1.165, 1.54) is 18.7 Å². The third kappa shape index (κ3) is 3.63. The number of nitrogens with one attached hydrogen (secondary N) is 3. The number of carbonyl (C=O) groups excluding carboxylic acids is 2. The Morgan fingerprint density at radius 3 is 2.63 bits per heavy atom. The fraction of sp³-hybridized carbons (Fsp3) is 0.0500. The Bertz CT molecular complexity index is 1020. The van der Waals surface area contributed by atoms with Crippen molar-refractivity contribution in [1.29, 1.82) is 0 Å². The van der Waals surface area contributed by atoms with Crippen LogP contribution < -0.4 is 16.1 Å². The number of allylic oxidation sites excluding steroid dienone is 1. The molecule has 0 atom stereocenters. The largest absolute Gasteiger partial charge is 0.354 e. The van der Waals surface area contributed by atoms with E-state index in [1.807, 2.05) is 60.7 Å². The second-order valence-electron chi connectivity index (χ2n) is 6.00. The summed E-state index contributed by atoms with van der Waals surface area (Å²) in [5.41, 5.74) is 6.50. The summed E-state index contributed by atoms with van der Waals surface area (Å²) < 4.78 is 0. The van der Waals surface area contributed by atoms with E-state index in [4.69, 9.17) is 0 Å². The van der Waals surface area contributed by atoms with Gasteiger partial charge in [-0.3, -0.25) is 9.59 Å². The van der Waals surface area contributed by atoms with Crippen molar-refractivity contribution in [3.8, 4) is 0 Å². The quantitative estimate of drug-likeness (QED) is 0.700. The second kappa shape index (κ2) is 7.13. The Morgan fingerprint density at radius 2 is 1.85 bits per heavy atom. The SMILES string of the molecule is CC(=O)Nc1ccc(SC2=NNC(=O)C2=C2C=Cc3ccccc3N2)cc1. The molecule has 2 heterocycles. The number of rotatable bonds is 2. The van der Waals surface area contributed by atoms with Crippen LogP contribution in [0.4, 0.5) is 11.4 Å². The molecule has 0 aromatic heterocycles. The lowest BCUT2D eigenvalue weighted by Gasteiger charge is -2.17. The van der Waals surface area contributed by atoms with Crippen molar-refractivity contribution >= 4 is 46.1 Å². The summed E-state index contributed by atoms with van der Waals surface area (Å²) in [7, 11) is 0. The van der Waals surface area contributed by atoms with E-state index < -0.39 is 0 Å². The highest BCUT2D eigenvalue weighted by atomic mass is 32.2. The monoisotopic (exact) mass is 376 g/mol. The first-order valence-corrected chi connectivity index (χ1v) is 9.14. The van der Waals surface area contributed by atoms with Gasteiger partial charge >= 0.3 is 0 Å². The van der Waals surface area contributed by atoms with Crippen LogP contribution in [0.1, 0.15) is 12.5 Å². The third-order valence-corrected chi connectivity index (χ3v) is 5.01. The molecule has 134 valence electrons. The molecule has 2 aromatic rings.